The number of hydrogen-bond donors (Lipinski definition) is 0. The van der Waals surface area contributed by atoms with Gasteiger partial charge in [-0.2, -0.15) is 0 Å². The van der Waals surface area contributed by atoms with Gasteiger partial charge in [-0.15, -0.1) is 0 Å². The van der Waals surface area contributed by atoms with Gasteiger partial charge < -0.3 is 9.30 Å². The summed E-state index contributed by atoms with van der Waals surface area (Å²) in [6, 6.07) is 14.7. The molecule has 3 aromatic rings. The van der Waals surface area contributed by atoms with Crippen LogP contribution in [-0.4, -0.2) is 16.4 Å². The minimum Gasteiger partial charge on any atom is -0.354 e. The number of hydrogen-bond acceptors (Lipinski definition) is 2. The van der Waals surface area contributed by atoms with Crippen LogP contribution in [0.4, 0.5) is 5.82 Å². The molecule has 0 amide bonds. The molecule has 0 unspecified atom stereocenters. The number of aryl methyl sites for hydroxylation is 1. The monoisotopic (exact) mass is 343 g/mol. The number of nitrogens with zero attached hydrogens (tertiary/aromatic N) is 3. The van der Waals surface area contributed by atoms with Gasteiger partial charge in [0.2, 0.25) is 0 Å². The Labute approximate surface area is 133 Å². The van der Waals surface area contributed by atoms with Gasteiger partial charge >= 0.3 is 0 Å². The van der Waals surface area contributed by atoms with Crippen LogP contribution in [0.5, 0.6) is 0 Å². The minimum atomic E-state index is 0.783. The number of anilines is 1. The number of rotatable bonds is 4. The van der Waals surface area contributed by atoms with Crippen molar-refractivity contribution in [2.24, 2.45) is 0 Å². The van der Waals surface area contributed by atoms with E-state index in [1.807, 2.05) is 18.2 Å². The SMILES string of the molecule is Cc1cccc(CN(C)c2nc3ccccn3c2CBr)c1. The van der Waals surface area contributed by atoms with E-state index in [9.17, 15) is 0 Å². The molecule has 0 aliphatic carbocycles. The Balaban J connectivity index is 1.95. The van der Waals surface area contributed by atoms with Gasteiger partial charge in [0, 0.05) is 25.1 Å². The van der Waals surface area contributed by atoms with Gasteiger partial charge in [-0.1, -0.05) is 51.8 Å². The average molecular weight is 344 g/mol. The molecular weight excluding hydrogens is 326 g/mol. The van der Waals surface area contributed by atoms with Crippen molar-refractivity contribution in [3.05, 3.63) is 65.5 Å². The lowest BCUT2D eigenvalue weighted by atomic mass is 10.1. The number of alkyl halides is 1. The highest BCUT2D eigenvalue weighted by Gasteiger charge is 2.14. The van der Waals surface area contributed by atoms with Crippen molar-refractivity contribution < 1.29 is 0 Å². The fourth-order valence-electron chi connectivity index (χ4n) is 2.62. The quantitative estimate of drug-likeness (QED) is 0.662. The summed E-state index contributed by atoms with van der Waals surface area (Å²) in [5.74, 6) is 1.03. The third-order valence-corrected chi connectivity index (χ3v) is 4.13. The lowest BCUT2D eigenvalue weighted by Crippen LogP contribution is -2.18. The van der Waals surface area contributed by atoms with Gasteiger partial charge in [0.25, 0.3) is 0 Å². The van der Waals surface area contributed by atoms with Crippen LogP contribution >= 0.6 is 15.9 Å². The Hall–Kier alpha value is -1.81. The number of halogens is 1. The lowest BCUT2D eigenvalue weighted by Gasteiger charge is -2.18. The highest BCUT2D eigenvalue weighted by atomic mass is 79.9. The summed E-state index contributed by atoms with van der Waals surface area (Å²) >= 11 is 3.59. The van der Waals surface area contributed by atoms with Crippen LogP contribution < -0.4 is 4.90 Å². The first kappa shape index (κ1) is 14.1. The Bertz CT molecular complexity index is 764. The largest absolute Gasteiger partial charge is 0.354 e. The van der Waals surface area contributed by atoms with Gasteiger partial charge in [0.15, 0.2) is 5.82 Å². The smallest absolute Gasteiger partial charge is 0.152 e. The molecule has 0 fully saturated rings. The van der Waals surface area contributed by atoms with E-state index in [0.717, 1.165) is 23.3 Å². The second kappa shape index (κ2) is 5.90. The molecular formula is C17H18BrN3. The maximum atomic E-state index is 4.76. The fraction of sp³-hybridized carbons (Fsp3) is 0.235. The number of aromatic nitrogens is 2. The van der Waals surface area contributed by atoms with Crippen molar-refractivity contribution in [1.29, 1.82) is 0 Å². The summed E-state index contributed by atoms with van der Waals surface area (Å²) in [7, 11) is 2.09. The molecule has 0 bridgehead atoms. The molecule has 108 valence electrons. The Morgan fingerprint density at radius 1 is 1.19 bits per heavy atom. The van der Waals surface area contributed by atoms with E-state index in [2.05, 4.69) is 69.7 Å². The predicted molar refractivity (Wildman–Crippen MR) is 91.1 cm³/mol. The Kier molecular flexibility index (Phi) is 3.97. The third-order valence-electron chi connectivity index (χ3n) is 3.60. The first-order valence-corrected chi connectivity index (χ1v) is 8.10. The summed E-state index contributed by atoms with van der Waals surface area (Å²) in [5, 5.41) is 0.783. The highest BCUT2D eigenvalue weighted by Crippen LogP contribution is 2.24. The van der Waals surface area contributed by atoms with Gasteiger partial charge in [-0.3, -0.25) is 0 Å². The first-order chi connectivity index (χ1) is 10.2. The van der Waals surface area contributed by atoms with Crippen LogP contribution in [-0.2, 0) is 11.9 Å². The first-order valence-electron chi connectivity index (χ1n) is 6.97. The van der Waals surface area contributed by atoms with Crippen molar-refractivity contribution in [3.63, 3.8) is 0 Å². The normalized spacial score (nSPS) is 11.0. The molecule has 0 radical (unpaired) electrons. The van der Waals surface area contributed by atoms with E-state index < -0.39 is 0 Å². The maximum absolute atomic E-state index is 4.76. The zero-order valence-electron chi connectivity index (χ0n) is 12.3. The molecule has 0 saturated carbocycles. The molecule has 1 aromatic carbocycles. The van der Waals surface area contributed by atoms with Crippen LogP contribution in [0.1, 0.15) is 16.8 Å². The molecule has 2 heterocycles. The van der Waals surface area contributed by atoms with E-state index in [4.69, 9.17) is 4.98 Å². The van der Waals surface area contributed by atoms with Crippen LogP contribution in [0.25, 0.3) is 5.65 Å². The summed E-state index contributed by atoms with van der Waals surface area (Å²) < 4.78 is 2.14. The molecule has 0 N–H and O–H groups in total. The maximum Gasteiger partial charge on any atom is 0.152 e. The number of fused-ring (bicyclic) bond motifs is 1. The van der Waals surface area contributed by atoms with E-state index in [-0.39, 0.29) is 0 Å². The highest BCUT2D eigenvalue weighted by molar-refractivity contribution is 9.08. The minimum absolute atomic E-state index is 0.783. The molecule has 0 atom stereocenters. The van der Waals surface area contributed by atoms with Crippen LogP contribution in [0.3, 0.4) is 0 Å². The Morgan fingerprint density at radius 2 is 2.05 bits per heavy atom. The Morgan fingerprint density at radius 3 is 2.81 bits per heavy atom. The van der Waals surface area contributed by atoms with Crippen molar-refractivity contribution in [2.75, 3.05) is 11.9 Å². The average Bonchev–Trinajstić information content (AvgIpc) is 2.86. The standard InChI is InChI=1S/C17H18BrN3/c1-13-6-5-7-14(10-13)12-20(2)17-15(11-18)21-9-4-3-8-16(21)19-17/h3-10H,11-12H2,1-2H3. The summed E-state index contributed by atoms with van der Waals surface area (Å²) in [6.07, 6.45) is 2.06. The van der Waals surface area contributed by atoms with Crippen molar-refractivity contribution in [2.45, 2.75) is 18.8 Å². The zero-order chi connectivity index (χ0) is 14.8. The van der Waals surface area contributed by atoms with E-state index in [0.29, 0.717) is 0 Å². The summed E-state index contributed by atoms with van der Waals surface area (Å²) in [4.78, 5) is 6.97. The topological polar surface area (TPSA) is 20.5 Å². The van der Waals surface area contributed by atoms with Gasteiger partial charge in [-0.05, 0) is 24.6 Å². The molecule has 0 aliphatic heterocycles. The molecule has 4 heteroatoms. The summed E-state index contributed by atoms with van der Waals surface area (Å²) in [5.41, 5.74) is 4.76. The molecule has 3 nitrogen and oxygen atoms in total. The van der Waals surface area contributed by atoms with Gasteiger partial charge in [0.1, 0.15) is 5.65 Å². The van der Waals surface area contributed by atoms with Crippen LogP contribution in [0.15, 0.2) is 48.7 Å². The third kappa shape index (κ3) is 2.81. The summed E-state index contributed by atoms with van der Waals surface area (Å²) in [6.45, 7) is 2.98. The van der Waals surface area contributed by atoms with Crippen LogP contribution in [0, 0.1) is 6.92 Å². The van der Waals surface area contributed by atoms with Crippen molar-refractivity contribution >= 4 is 27.4 Å². The van der Waals surface area contributed by atoms with E-state index >= 15 is 0 Å². The second-order valence-corrected chi connectivity index (χ2v) is 5.85. The van der Waals surface area contributed by atoms with Gasteiger partial charge in [-0.25, -0.2) is 4.98 Å². The molecule has 0 aliphatic rings. The van der Waals surface area contributed by atoms with Gasteiger partial charge in [0.05, 0.1) is 5.69 Å². The van der Waals surface area contributed by atoms with Crippen LogP contribution in [0.2, 0.25) is 0 Å². The molecule has 3 rings (SSSR count). The molecule has 21 heavy (non-hydrogen) atoms. The van der Waals surface area contributed by atoms with E-state index in [1.54, 1.807) is 0 Å². The molecule has 0 spiro atoms. The second-order valence-electron chi connectivity index (χ2n) is 5.29. The predicted octanol–water partition coefficient (Wildman–Crippen LogP) is 4.17. The lowest BCUT2D eigenvalue weighted by molar-refractivity contribution is 0.894. The molecule has 0 saturated heterocycles. The van der Waals surface area contributed by atoms with E-state index in [1.165, 1.54) is 16.8 Å². The van der Waals surface area contributed by atoms with Crippen molar-refractivity contribution in [1.82, 2.24) is 9.38 Å². The zero-order valence-corrected chi connectivity index (χ0v) is 13.8. The fourth-order valence-corrected chi connectivity index (χ4v) is 3.14. The number of imidazole rings is 1. The number of benzene rings is 1. The molecule has 2 aromatic heterocycles. The number of pyridine rings is 1. The van der Waals surface area contributed by atoms with Crippen molar-refractivity contribution in [3.8, 4) is 0 Å².